The zero-order valence-electron chi connectivity index (χ0n) is 7.04. The summed E-state index contributed by atoms with van der Waals surface area (Å²) in [7, 11) is 0. The molecule has 7 heteroatoms. The van der Waals surface area contributed by atoms with Crippen LogP contribution >= 0.6 is 12.4 Å². The van der Waals surface area contributed by atoms with E-state index >= 15 is 0 Å². The molecule has 6 nitrogen and oxygen atoms in total. The van der Waals surface area contributed by atoms with E-state index in [1.54, 1.807) is 0 Å². The molecule has 1 atom stereocenters. The van der Waals surface area contributed by atoms with Crippen molar-refractivity contribution in [3.8, 4) is 6.07 Å². The van der Waals surface area contributed by atoms with E-state index in [4.69, 9.17) is 15.4 Å². The number of hydrogen-bond donors (Lipinski definition) is 1. The number of nitrogens with zero attached hydrogens (tertiary/aromatic N) is 2. The highest BCUT2D eigenvalue weighted by molar-refractivity contribution is 5.85. The molecule has 0 amide bonds. The Hall–Kier alpha value is -1.58. The van der Waals surface area contributed by atoms with Gasteiger partial charge in [0.1, 0.15) is 10.7 Å². The fourth-order valence-corrected chi connectivity index (χ4v) is 0.839. The summed E-state index contributed by atoms with van der Waals surface area (Å²) < 4.78 is 4.78. The fraction of sp³-hybridized carbons (Fsp3) is 0.286. The SMILES string of the molecule is Cl.N#CC[C@H](N)c1ccc([N+](=O)[O-])o1. The lowest BCUT2D eigenvalue weighted by Crippen LogP contribution is -2.07. The Bertz CT molecular complexity index is 357. The quantitative estimate of drug-likeness (QED) is 0.610. The number of nitriles is 1. The van der Waals surface area contributed by atoms with Gasteiger partial charge in [-0.25, -0.2) is 0 Å². The molecule has 0 bridgehead atoms. The highest BCUT2D eigenvalue weighted by atomic mass is 35.5. The van der Waals surface area contributed by atoms with Crippen molar-refractivity contribution in [1.82, 2.24) is 0 Å². The van der Waals surface area contributed by atoms with Crippen molar-refractivity contribution in [3.63, 3.8) is 0 Å². The fourth-order valence-electron chi connectivity index (χ4n) is 0.839. The zero-order valence-corrected chi connectivity index (χ0v) is 7.86. The molecule has 0 spiro atoms. The first kappa shape index (κ1) is 12.4. The third-order valence-corrected chi connectivity index (χ3v) is 1.47. The maximum Gasteiger partial charge on any atom is 0.433 e. The van der Waals surface area contributed by atoms with Crippen LogP contribution in [0.5, 0.6) is 0 Å². The van der Waals surface area contributed by atoms with Gasteiger partial charge >= 0.3 is 5.88 Å². The smallest absolute Gasteiger partial charge is 0.404 e. The lowest BCUT2D eigenvalue weighted by Gasteiger charge is -2.00. The topological polar surface area (TPSA) is 106 Å². The van der Waals surface area contributed by atoms with Crippen LogP contribution in [0.4, 0.5) is 5.88 Å². The summed E-state index contributed by atoms with van der Waals surface area (Å²) in [6.45, 7) is 0. The van der Waals surface area contributed by atoms with Gasteiger partial charge in [0.25, 0.3) is 0 Å². The molecule has 2 N–H and O–H groups in total. The van der Waals surface area contributed by atoms with E-state index in [0.717, 1.165) is 0 Å². The highest BCUT2D eigenvalue weighted by Crippen LogP contribution is 2.21. The van der Waals surface area contributed by atoms with E-state index < -0.39 is 11.0 Å². The normalized spacial score (nSPS) is 11.1. The standard InChI is InChI=1S/C7H7N3O3.ClH/c8-4-3-5(9)6-1-2-7(13-6)10(11)12;/h1-2,5H,3,9H2;1H/t5-;/m0./s1. The number of furan rings is 1. The van der Waals surface area contributed by atoms with Crippen LogP contribution in [-0.2, 0) is 0 Å². The molecule has 0 aliphatic heterocycles. The summed E-state index contributed by atoms with van der Waals surface area (Å²) in [5.74, 6) is -0.100. The first-order valence-electron chi connectivity index (χ1n) is 3.52. The average Bonchev–Trinajstić information content (AvgIpc) is 2.52. The predicted molar refractivity (Wildman–Crippen MR) is 49.8 cm³/mol. The molecule has 0 aliphatic rings. The minimum Gasteiger partial charge on any atom is -0.404 e. The molecule has 76 valence electrons. The Balaban J connectivity index is 0.00000169. The van der Waals surface area contributed by atoms with Gasteiger partial charge in [0.2, 0.25) is 0 Å². The molecule has 0 aromatic carbocycles. The third kappa shape index (κ3) is 2.73. The van der Waals surface area contributed by atoms with Gasteiger partial charge in [-0.05, 0) is 6.07 Å². The van der Waals surface area contributed by atoms with E-state index in [2.05, 4.69) is 0 Å². The number of nitrogens with two attached hydrogens (primary N) is 1. The predicted octanol–water partition coefficient (Wildman–Crippen LogP) is 1.52. The van der Waals surface area contributed by atoms with Gasteiger partial charge in [0, 0.05) is 0 Å². The van der Waals surface area contributed by atoms with Gasteiger partial charge in [0.15, 0.2) is 0 Å². The first-order chi connectivity index (χ1) is 6.15. The Morgan fingerprint density at radius 1 is 1.71 bits per heavy atom. The number of nitro groups is 1. The Labute approximate surface area is 85.9 Å². The van der Waals surface area contributed by atoms with Crippen molar-refractivity contribution in [2.45, 2.75) is 12.5 Å². The van der Waals surface area contributed by atoms with E-state index in [0.29, 0.717) is 0 Å². The van der Waals surface area contributed by atoms with Gasteiger partial charge < -0.3 is 10.2 Å². The van der Waals surface area contributed by atoms with Crippen LogP contribution in [0.1, 0.15) is 18.2 Å². The Morgan fingerprint density at radius 2 is 2.36 bits per heavy atom. The van der Waals surface area contributed by atoms with Crippen molar-refractivity contribution in [3.05, 3.63) is 28.0 Å². The van der Waals surface area contributed by atoms with Crippen molar-refractivity contribution >= 4 is 18.3 Å². The number of hydrogen-bond acceptors (Lipinski definition) is 5. The summed E-state index contributed by atoms with van der Waals surface area (Å²) >= 11 is 0. The van der Waals surface area contributed by atoms with Gasteiger partial charge in [-0.2, -0.15) is 5.26 Å². The maximum atomic E-state index is 10.2. The number of halogens is 1. The minimum absolute atomic E-state index is 0. The summed E-state index contributed by atoms with van der Waals surface area (Å²) in [6, 6.07) is 3.87. The summed E-state index contributed by atoms with van der Waals surface area (Å²) in [6.07, 6.45) is 0.0741. The van der Waals surface area contributed by atoms with Crippen LogP contribution in [0, 0.1) is 21.4 Å². The Kier molecular flexibility index (Phi) is 4.63. The van der Waals surface area contributed by atoms with Crippen molar-refractivity contribution in [2.24, 2.45) is 5.73 Å². The molecule has 0 saturated heterocycles. The molecule has 0 radical (unpaired) electrons. The van der Waals surface area contributed by atoms with Crippen LogP contribution < -0.4 is 5.73 Å². The third-order valence-electron chi connectivity index (χ3n) is 1.47. The highest BCUT2D eigenvalue weighted by Gasteiger charge is 2.16. The van der Waals surface area contributed by atoms with Gasteiger partial charge in [-0.15, -0.1) is 12.4 Å². The van der Waals surface area contributed by atoms with E-state index in [-0.39, 0.29) is 30.5 Å². The second-order valence-electron chi connectivity index (χ2n) is 2.40. The van der Waals surface area contributed by atoms with Crippen LogP contribution in [0.2, 0.25) is 0 Å². The van der Waals surface area contributed by atoms with Crippen molar-refractivity contribution in [2.75, 3.05) is 0 Å². The number of rotatable bonds is 3. The molecule has 0 aliphatic carbocycles. The molecule has 0 unspecified atom stereocenters. The minimum atomic E-state index is -0.650. The molecule has 0 saturated carbocycles. The molecule has 1 aromatic heterocycles. The van der Waals surface area contributed by atoms with E-state index in [1.165, 1.54) is 12.1 Å². The largest absolute Gasteiger partial charge is 0.433 e. The van der Waals surface area contributed by atoms with E-state index in [9.17, 15) is 10.1 Å². The van der Waals surface area contributed by atoms with Crippen LogP contribution in [-0.4, -0.2) is 4.92 Å². The molecule has 1 rings (SSSR count). The molecule has 14 heavy (non-hydrogen) atoms. The van der Waals surface area contributed by atoms with Crippen molar-refractivity contribution < 1.29 is 9.34 Å². The van der Waals surface area contributed by atoms with Gasteiger partial charge in [-0.1, -0.05) is 0 Å². The molecule has 1 heterocycles. The van der Waals surface area contributed by atoms with Crippen molar-refractivity contribution in [1.29, 1.82) is 5.26 Å². The monoisotopic (exact) mass is 217 g/mol. The molecule has 0 fully saturated rings. The molecule has 1 aromatic rings. The Morgan fingerprint density at radius 3 is 2.79 bits per heavy atom. The second kappa shape index (κ2) is 5.21. The second-order valence-corrected chi connectivity index (χ2v) is 2.40. The lowest BCUT2D eigenvalue weighted by atomic mass is 10.2. The summed E-state index contributed by atoms with van der Waals surface area (Å²) in [5.41, 5.74) is 5.48. The van der Waals surface area contributed by atoms with Gasteiger partial charge in [-0.3, -0.25) is 10.1 Å². The molecular weight excluding hydrogens is 210 g/mol. The average molecular weight is 218 g/mol. The zero-order chi connectivity index (χ0) is 9.84. The van der Waals surface area contributed by atoms with Crippen LogP contribution in [0.3, 0.4) is 0 Å². The van der Waals surface area contributed by atoms with Crippen LogP contribution in [0.25, 0.3) is 0 Å². The summed E-state index contributed by atoms with van der Waals surface area (Å²) in [5, 5.41) is 18.5. The van der Waals surface area contributed by atoms with E-state index in [1.807, 2.05) is 6.07 Å². The van der Waals surface area contributed by atoms with Crippen LogP contribution in [0.15, 0.2) is 16.5 Å². The summed E-state index contributed by atoms with van der Waals surface area (Å²) in [4.78, 5) is 9.55. The maximum absolute atomic E-state index is 10.2. The molecular formula is C7H8ClN3O3. The van der Waals surface area contributed by atoms with Gasteiger partial charge in [0.05, 0.1) is 24.6 Å². The first-order valence-corrected chi connectivity index (χ1v) is 3.52. The lowest BCUT2D eigenvalue weighted by molar-refractivity contribution is -0.402.